The van der Waals surface area contributed by atoms with Crippen LogP contribution in [0.25, 0.3) is 23.3 Å². The number of halogens is 1. The summed E-state index contributed by atoms with van der Waals surface area (Å²) in [6.07, 6.45) is 10.8. The molecule has 0 aliphatic carbocycles. The van der Waals surface area contributed by atoms with Gasteiger partial charge in [0.25, 0.3) is 0 Å². The molecule has 32 heavy (non-hydrogen) atoms. The Balaban J connectivity index is 1.81. The fourth-order valence-electron chi connectivity index (χ4n) is 3.91. The predicted octanol–water partition coefficient (Wildman–Crippen LogP) is 4.26. The quantitative estimate of drug-likeness (QED) is 0.652. The number of anilines is 1. The van der Waals surface area contributed by atoms with Gasteiger partial charge >= 0.3 is 0 Å². The Kier molecular flexibility index (Phi) is 6.43. The number of ether oxygens (including phenoxy) is 1. The molecule has 0 amide bonds. The molecular formula is C25H24FN5O. The summed E-state index contributed by atoms with van der Waals surface area (Å²) in [6.45, 7) is 1.61. The highest BCUT2D eigenvalue weighted by atomic mass is 19.1. The van der Waals surface area contributed by atoms with Crippen molar-refractivity contribution in [1.82, 2.24) is 9.97 Å². The van der Waals surface area contributed by atoms with E-state index in [-0.39, 0.29) is 11.9 Å². The van der Waals surface area contributed by atoms with Crippen molar-refractivity contribution in [1.29, 1.82) is 5.26 Å². The van der Waals surface area contributed by atoms with Gasteiger partial charge in [0.05, 0.1) is 12.8 Å². The summed E-state index contributed by atoms with van der Waals surface area (Å²) in [4.78, 5) is 10.7. The molecule has 2 aromatic heterocycles. The molecule has 162 valence electrons. The van der Waals surface area contributed by atoms with Gasteiger partial charge in [0.15, 0.2) is 0 Å². The van der Waals surface area contributed by atoms with Crippen molar-refractivity contribution in [3.63, 3.8) is 0 Å². The molecule has 2 N–H and O–H groups in total. The Bertz CT molecular complexity index is 1180. The minimum absolute atomic E-state index is 0.186. The van der Waals surface area contributed by atoms with Gasteiger partial charge in [0.2, 0.25) is 0 Å². The van der Waals surface area contributed by atoms with Gasteiger partial charge < -0.3 is 15.4 Å². The van der Waals surface area contributed by atoms with E-state index in [4.69, 9.17) is 15.7 Å². The zero-order chi connectivity index (χ0) is 22.5. The average Bonchev–Trinajstić information content (AvgIpc) is 2.82. The van der Waals surface area contributed by atoms with Crippen LogP contribution < -0.4 is 15.4 Å². The fourth-order valence-corrected chi connectivity index (χ4v) is 3.91. The molecule has 1 aromatic carbocycles. The first-order valence-corrected chi connectivity index (χ1v) is 10.4. The van der Waals surface area contributed by atoms with Crippen molar-refractivity contribution in [2.45, 2.75) is 18.9 Å². The molecule has 7 heteroatoms. The fraction of sp³-hybridized carbons (Fsp3) is 0.240. The van der Waals surface area contributed by atoms with E-state index in [2.05, 4.69) is 20.9 Å². The third-order valence-corrected chi connectivity index (χ3v) is 5.57. The highest BCUT2D eigenvalue weighted by molar-refractivity contribution is 5.87. The second-order valence-corrected chi connectivity index (χ2v) is 7.75. The maximum absolute atomic E-state index is 14.3. The number of nitriles is 1. The second-order valence-electron chi connectivity index (χ2n) is 7.75. The number of piperidine rings is 1. The van der Waals surface area contributed by atoms with Crippen LogP contribution in [0.4, 0.5) is 10.1 Å². The van der Waals surface area contributed by atoms with Gasteiger partial charge in [0, 0.05) is 54.9 Å². The first kappa shape index (κ1) is 21.5. The molecule has 1 saturated heterocycles. The molecule has 0 saturated carbocycles. The van der Waals surface area contributed by atoms with Gasteiger partial charge in [-0.1, -0.05) is 12.2 Å². The lowest BCUT2D eigenvalue weighted by molar-refractivity contribution is 0.411. The smallest absolute Gasteiger partial charge is 0.141 e. The summed E-state index contributed by atoms with van der Waals surface area (Å²) in [6, 6.07) is 10.5. The van der Waals surface area contributed by atoms with Crippen molar-refractivity contribution in [3.8, 4) is 22.9 Å². The third kappa shape index (κ3) is 4.76. The van der Waals surface area contributed by atoms with Crippen LogP contribution in [-0.4, -0.2) is 36.2 Å². The molecule has 3 aromatic rings. The summed E-state index contributed by atoms with van der Waals surface area (Å²) in [5.74, 6) is 0.0844. The number of rotatable bonds is 5. The van der Waals surface area contributed by atoms with E-state index in [1.54, 1.807) is 24.7 Å². The number of methoxy groups -OCH3 is 1. The highest BCUT2D eigenvalue weighted by Crippen LogP contribution is 2.37. The Morgan fingerprint density at radius 3 is 2.75 bits per heavy atom. The van der Waals surface area contributed by atoms with Crippen LogP contribution in [0.2, 0.25) is 0 Å². The number of nitrogens with two attached hydrogens (primary N) is 1. The number of hydrogen-bond acceptors (Lipinski definition) is 6. The van der Waals surface area contributed by atoms with Crippen LogP contribution in [0.1, 0.15) is 29.7 Å². The van der Waals surface area contributed by atoms with E-state index in [0.717, 1.165) is 48.3 Å². The minimum Gasteiger partial charge on any atom is -0.497 e. The molecule has 3 heterocycles. The molecular weight excluding hydrogens is 405 g/mol. The van der Waals surface area contributed by atoms with Crippen LogP contribution in [-0.2, 0) is 0 Å². The SMILES string of the molecule is COc1cc(F)cc(-c2cncc(/C=C/c3ccnc(C#N)c3)c2N2CCC(N)CC2)c1. The van der Waals surface area contributed by atoms with E-state index in [1.807, 2.05) is 24.3 Å². The maximum atomic E-state index is 14.3. The third-order valence-electron chi connectivity index (χ3n) is 5.57. The molecule has 1 fully saturated rings. The first-order valence-electron chi connectivity index (χ1n) is 10.4. The summed E-state index contributed by atoms with van der Waals surface area (Å²) in [7, 11) is 1.52. The number of hydrogen-bond donors (Lipinski definition) is 1. The van der Waals surface area contributed by atoms with Gasteiger partial charge in [0.1, 0.15) is 23.3 Å². The maximum Gasteiger partial charge on any atom is 0.141 e. The Hall–Kier alpha value is -3.76. The summed E-state index contributed by atoms with van der Waals surface area (Å²) in [5, 5.41) is 9.11. The van der Waals surface area contributed by atoms with Crippen LogP contribution >= 0.6 is 0 Å². The van der Waals surface area contributed by atoms with Gasteiger partial charge in [-0.25, -0.2) is 9.37 Å². The highest BCUT2D eigenvalue weighted by Gasteiger charge is 2.22. The monoisotopic (exact) mass is 429 g/mol. The van der Waals surface area contributed by atoms with E-state index in [1.165, 1.54) is 19.2 Å². The van der Waals surface area contributed by atoms with Gasteiger partial charge in [-0.2, -0.15) is 5.26 Å². The lowest BCUT2D eigenvalue weighted by atomic mass is 9.98. The zero-order valence-corrected chi connectivity index (χ0v) is 17.8. The number of aromatic nitrogens is 2. The zero-order valence-electron chi connectivity index (χ0n) is 17.8. The number of benzene rings is 1. The van der Waals surface area contributed by atoms with Crippen LogP contribution in [0, 0.1) is 17.1 Å². The van der Waals surface area contributed by atoms with E-state index >= 15 is 0 Å². The molecule has 4 rings (SSSR count). The van der Waals surface area contributed by atoms with Gasteiger partial charge in [-0.3, -0.25) is 4.98 Å². The van der Waals surface area contributed by atoms with Gasteiger partial charge in [-0.15, -0.1) is 0 Å². The summed E-state index contributed by atoms with van der Waals surface area (Å²) < 4.78 is 19.6. The largest absolute Gasteiger partial charge is 0.497 e. The number of pyridine rings is 2. The van der Waals surface area contributed by atoms with Crippen molar-refractivity contribution >= 4 is 17.8 Å². The molecule has 0 spiro atoms. The standard InChI is InChI=1S/C25H24FN5O/c1-32-23-12-19(11-20(26)13-23)24-16-29-15-18(25(24)31-8-5-21(28)6-9-31)3-2-17-4-7-30-22(10-17)14-27/h2-4,7,10-13,15-16,21H,5-6,8-9,28H2,1H3/b3-2+. The molecule has 0 atom stereocenters. The minimum atomic E-state index is -0.368. The summed E-state index contributed by atoms with van der Waals surface area (Å²) >= 11 is 0. The molecule has 1 aliphatic heterocycles. The second kappa shape index (κ2) is 9.58. The van der Waals surface area contributed by atoms with Crippen molar-refractivity contribution in [2.24, 2.45) is 5.73 Å². The van der Waals surface area contributed by atoms with Crippen molar-refractivity contribution < 1.29 is 9.13 Å². The van der Waals surface area contributed by atoms with E-state index < -0.39 is 0 Å². The number of nitrogens with zero attached hydrogens (tertiary/aromatic N) is 4. The Morgan fingerprint density at radius 1 is 1.19 bits per heavy atom. The first-order chi connectivity index (χ1) is 15.6. The van der Waals surface area contributed by atoms with Crippen LogP contribution in [0.15, 0.2) is 48.9 Å². The lowest BCUT2D eigenvalue weighted by Gasteiger charge is -2.34. The van der Waals surface area contributed by atoms with Crippen molar-refractivity contribution in [2.75, 3.05) is 25.1 Å². The van der Waals surface area contributed by atoms with Crippen LogP contribution in [0.3, 0.4) is 0 Å². The van der Waals surface area contributed by atoms with E-state index in [0.29, 0.717) is 17.0 Å². The molecule has 0 radical (unpaired) electrons. The molecule has 0 bridgehead atoms. The Labute approximate surface area is 186 Å². The van der Waals surface area contributed by atoms with Crippen molar-refractivity contribution in [3.05, 3.63) is 71.6 Å². The molecule has 0 unspecified atom stereocenters. The van der Waals surface area contributed by atoms with Gasteiger partial charge in [-0.05, 0) is 48.2 Å². The van der Waals surface area contributed by atoms with E-state index in [9.17, 15) is 4.39 Å². The average molecular weight is 429 g/mol. The summed E-state index contributed by atoms with van der Waals surface area (Å²) in [5.41, 5.74) is 10.8. The van der Waals surface area contributed by atoms with Crippen LogP contribution in [0.5, 0.6) is 5.75 Å². The molecule has 6 nitrogen and oxygen atoms in total. The topological polar surface area (TPSA) is 88.1 Å². The lowest BCUT2D eigenvalue weighted by Crippen LogP contribution is -2.40. The normalized spacial score (nSPS) is 14.5. The predicted molar refractivity (Wildman–Crippen MR) is 123 cm³/mol. The molecule has 1 aliphatic rings. The Morgan fingerprint density at radius 2 is 2.00 bits per heavy atom.